The van der Waals surface area contributed by atoms with E-state index in [-0.39, 0.29) is 12.1 Å². The van der Waals surface area contributed by atoms with Gasteiger partial charge in [0.2, 0.25) is 0 Å². The average Bonchev–Trinajstić information content (AvgIpc) is 3.93. The van der Waals surface area contributed by atoms with E-state index in [1.807, 2.05) is 18.2 Å². The van der Waals surface area contributed by atoms with Crippen LogP contribution in [0, 0.1) is 0 Å². The molecule has 2 heterocycles. The van der Waals surface area contributed by atoms with Crippen LogP contribution in [0.4, 0.5) is 17.1 Å². The Morgan fingerprint density at radius 2 is 0.864 bits per heavy atom. The first-order chi connectivity index (χ1) is 30.1. The topological polar surface area (TPSA) is 29.5 Å². The third-order valence-electron chi connectivity index (χ3n) is 12.2. The molecular formula is C56H33NO2. The fourth-order valence-electron chi connectivity index (χ4n) is 9.78. The fourth-order valence-corrected chi connectivity index (χ4v) is 9.78. The van der Waals surface area contributed by atoms with Gasteiger partial charge in [0, 0.05) is 27.2 Å². The second kappa shape index (κ2) is 12.3. The van der Waals surface area contributed by atoms with Crippen LogP contribution in [0.1, 0.15) is 2.74 Å². The zero-order valence-electron chi connectivity index (χ0n) is 33.7. The van der Waals surface area contributed by atoms with Gasteiger partial charge < -0.3 is 13.7 Å². The lowest BCUT2D eigenvalue weighted by Gasteiger charge is -2.28. The Balaban J connectivity index is 1.25. The third kappa shape index (κ3) is 4.58. The number of rotatable bonds is 4. The predicted octanol–water partition coefficient (Wildman–Crippen LogP) is 16.4. The summed E-state index contributed by atoms with van der Waals surface area (Å²) in [5, 5.41) is 14.5. The SMILES string of the molecule is [2H]c1cc(N(c2cc(-c3ccccc3)c3ccccc3c2)c2cccc3oc4c5ccccc5c5ccccc5c4c23)c2c(oc3c4ccccc4c4ccccc4c32)c1[2H]. The number of benzene rings is 11. The molecule has 0 radical (unpaired) electrons. The van der Waals surface area contributed by atoms with E-state index in [2.05, 4.69) is 175 Å². The predicted molar refractivity (Wildman–Crippen MR) is 249 cm³/mol. The van der Waals surface area contributed by atoms with Crippen molar-refractivity contribution in [2.24, 2.45) is 0 Å². The molecule has 13 aromatic rings. The average molecular weight is 754 g/mol. The Kier molecular flexibility index (Phi) is 6.32. The minimum atomic E-state index is 0.0518. The Bertz CT molecular complexity index is 3980. The van der Waals surface area contributed by atoms with Crippen molar-refractivity contribution >= 4 is 115 Å². The molecule has 3 heteroatoms. The van der Waals surface area contributed by atoms with Crippen LogP contribution in [0.3, 0.4) is 0 Å². The molecule has 0 saturated carbocycles. The van der Waals surface area contributed by atoms with Crippen molar-refractivity contribution in [3.63, 3.8) is 0 Å². The molecule has 0 spiro atoms. The van der Waals surface area contributed by atoms with Crippen molar-refractivity contribution in [2.45, 2.75) is 0 Å². The minimum absolute atomic E-state index is 0.0518. The maximum Gasteiger partial charge on any atom is 0.143 e. The van der Waals surface area contributed by atoms with Gasteiger partial charge in [0.05, 0.1) is 24.9 Å². The smallest absolute Gasteiger partial charge is 0.143 e. The normalized spacial score (nSPS) is 12.5. The van der Waals surface area contributed by atoms with E-state index in [0.717, 1.165) is 115 Å². The van der Waals surface area contributed by atoms with Gasteiger partial charge in [-0.25, -0.2) is 0 Å². The van der Waals surface area contributed by atoms with Gasteiger partial charge >= 0.3 is 0 Å². The highest BCUT2D eigenvalue weighted by Crippen LogP contribution is 2.52. The molecule has 0 amide bonds. The Labute approximate surface area is 341 Å². The lowest BCUT2D eigenvalue weighted by Crippen LogP contribution is -2.11. The second-order valence-electron chi connectivity index (χ2n) is 15.4. The van der Waals surface area contributed by atoms with Crippen LogP contribution in [-0.4, -0.2) is 0 Å². The van der Waals surface area contributed by atoms with Crippen LogP contribution < -0.4 is 4.90 Å². The molecule has 2 aromatic heterocycles. The summed E-state index contributed by atoms with van der Waals surface area (Å²) in [5.41, 5.74) is 7.42. The standard InChI is InChI=1S/C56H33NO2/c1-2-16-34(17-3-1)46-33-36(32-35-18-4-5-19-37(35)46)57(47-28-14-30-49-53(47)51-42-24-10-6-20-38(42)40-22-8-12-26-44(40)55(51)58-49)48-29-15-31-50-54(48)52-43-25-11-7-21-39(43)41-23-9-13-27-45(41)56(52)59-50/h1-33H/i14D,30D. The van der Waals surface area contributed by atoms with Crippen LogP contribution in [0.25, 0.3) is 109 Å². The Morgan fingerprint density at radius 3 is 1.51 bits per heavy atom. The summed E-state index contributed by atoms with van der Waals surface area (Å²) in [5.74, 6) is 0. The number of furan rings is 2. The lowest BCUT2D eigenvalue weighted by atomic mass is 9.94. The number of anilines is 3. The molecule has 0 fully saturated rings. The Morgan fingerprint density at radius 1 is 0.373 bits per heavy atom. The number of hydrogen-bond donors (Lipinski definition) is 0. The van der Waals surface area contributed by atoms with E-state index >= 15 is 0 Å². The highest BCUT2D eigenvalue weighted by molar-refractivity contribution is 6.34. The van der Waals surface area contributed by atoms with E-state index < -0.39 is 0 Å². The molecule has 13 rings (SSSR count). The highest BCUT2D eigenvalue weighted by Gasteiger charge is 2.27. The largest absolute Gasteiger partial charge is 0.455 e. The summed E-state index contributed by atoms with van der Waals surface area (Å²) in [6.07, 6.45) is 0. The Hall–Kier alpha value is -7.88. The summed E-state index contributed by atoms with van der Waals surface area (Å²) in [4.78, 5) is 2.29. The summed E-state index contributed by atoms with van der Waals surface area (Å²) in [6, 6.07) is 65.7. The van der Waals surface area contributed by atoms with Gasteiger partial charge in [-0.15, -0.1) is 0 Å². The summed E-state index contributed by atoms with van der Waals surface area (Å²) >= 11 is 0. The first-order valence-corrected chi connectivity index (χ1v) is 20.0. The molecule has 59 heavy (non-hydrogen) atoms. The van der Waals surface area contributed by atoms with Crippen molar-refractivity contribution in [1.29, 1.82) is 0 Å². The molecule has 0 aliphatic rings. The summed E-state index contributed by atoms with van der Waals surface area (Å²) < 4.78 is 32.7. The first kappa shape index (κ1) is 30.3. The number of nitrogens with zero attached hydrogens (tertiary/aromatic N) is 1. The molecule has 11 aromatic carbocycles. The van der Waals surface area contributed by atoms with Crippen LogP contribution in [0.2, 0.25) is 0 Å². The molecule has 274 valence electrons. The molecular weight excluding hydrogens is 719 g/mol. The van der Waals surface area contributed by atoms with Crippen molar-refractivity contribution in [3.8, 4) is 11.1 Å². The fraction of sp³-hybridized carbons (Fsp3) is 0. The number of hydrogen-bond acceptors (Lipinski definition) is 3. The van der Waals surface area contributed by atoms with Gasteiger partial charge in [-0.1, -0.05) is 164 Å². The van der Waals surface area contributed by atoms with Gasteiger partial charge in [-0.2, -0.15) is 0 Å². The highest BCUT2D eigenvalue weighted by atomic mass is 16.3. The number of fused-ring (bicyclic) bond motifs is 17. The molecule has 0 N–H and O–H groups in total. The van der Waals surface area contributed by atoms with Gasteiger partial charge in [0.15, 0.2) is 0 Å². The third-order valence-corrected chi connectivity index (χ3v) is 12.2. The van der Waals surface area contributed by atoms with E-state index in [4.69, 9.17) is 8.83 Å². The van der Waals surface area contributed by atoms with Crippen LogP contribution in [-0.2, 0) is 0 Å². The van der Waals surface area contributed by atoms with Gasteiger partial charge in [0.1, 0.15) is 22.3 Å². The molecule has 0 atom stereocenters. The van der Waals surface area contributed by atoms with Crippen molar-refractivity contribution in [1.82, 2.24) is 0 Å². The van der Waals surface area contributed by atoms with E-state index in [9.17, 15) is 2.74 Å². The second-order valence-corrected chi connectivity index (χ2v) is 15.4. The lowest BCUT2D eigenvalue weighted by molar-refractivity contribution is 0.672. The molecule has 0 aliphatic carbocycles. The first-order valence-electron chi connectivity index (χ1n) is 21.0. The molecule has 0 saturated heterocycles. The van der Waals surface area contributed by atoms with Crippen molar-refractivity contribution < 1.29 is 11.6 Å². The zero-order chi connectivity index (χ0) is 40.3. The van der Waals surface area contributed by atoms with Crippen molar-refractivity contribution in [3.05, 3.63) is 200 Å². The maximum atomic E-state index is 9.44. The monoisotopic (exact) mass is 753 g/mol. The van der Waals surface area contributed by atoms with Crippen LogP contribution >= 0.6 is 0 Å². The van der Waals surface area contributed by atoms with Gasteiger partial charge in [0.25, 0.3) is 0 Å². The zero-order valence-corrected chi connectivity index (χ0v) is 31.7. The summed E-state index contributed by atoms with van der Waals surface area (Å²) in [6.45, 7) is 0. The van der Waals surface area contributed by atoms with Crippen LogP contribution in [0.15, 0.2) is 209 Å². The quantitative estimate of drug-likeness (QED) is 0.168. The molecule has 0 unspecified atom stereocenters. The molecule has 0 bridgehead atoms. The van der Waals surface area contributed by atoms with Gasteiger partial charge in [-0.05, 0) is 90.6 Å². The van der Waals surface area contributed by atoms with Crippen LogP contribution in [0.5, 0.6) is 0 Å². The van der Waals surface area contributed by atoms with Gasteiger partial charge in [-0.3, -0.25) is 0 Å². The minimum Gasteiger partial charge on any atom is -0.455 e. The van der Waals surface area contributed by atoms with E-state index in [1.54, 1.807) is 0 Å². The van der Waals surface area contributed by atoms with E-state index in [1.165, 1.54) is 0 Å². The molecule has 3 nitrogen and oxygen atoms in total. The summed E-state index contributed by atoms with van der Waals surface area (Å²) in [7, 11) is 0. The molecule has 0 aliphatic heterocycles. The van der Waals surface area contributed by atoms with Crippen molar-refractivity contribution in [2.75, 3.05) is 4.90 Å². The van der Waals surface area contributed by atoms with E-state index in [0.29, 0.717) is 11.2 Å². The maximum absolute atomic E-state index is 9.44.